The molecule has 56 heteroatoms. The fourth-order valence-electron chi connectivity index (χ4n) is 14.9. The molecule has 10 unspecified atom stereocenters. The van der Waals surface area contributed by atoms with Crippen LogP contribution in [-0.4, -0.2) is 299 Å². The van der Waals surface area contributed by atoms with E-state index in [1.54, 1.807) is 0 Å². The third-order valence-electron chi connectivity index (χ3n) is 21.9. The normalized spacial score (nSPS) is 18.5. The average Bonchev–Trinajstić information content (AvgIpc) is 1.64. The van der Waals surface area contributed by atoms with E-state index in [1.807, 2.05) is 0 Å². The van der Waals surface area contributed by atoms with E-state index in [4.69, 9.17) is 66.3 Å². The smallest absolute Gasteiger partial charge is 0.344 e. The SMILES string of the molecule is O=C(OC1OC2COC(=O)c3cc(Oc4c(C(=O)OC5OC6COC(=O)c7cc(Oc8c(C(=O)O)cc(O)c(O)c8O)c(O)c(O)c7-c7c(ccc(O)c7O)C(=O)OC6C(OC(=O)c6cc(O)c(O)c(O)c6)C5OC(=O)c5cc(O)c(O)c(O)c5)cc(O)c(O)c4O)c(O)c(O)c3-c3c(cc(O)c(O)c3O)C(=O)OC2C(OC(=O)c2cc(O)c(O)c(O)c2)C1OC(=O)c1cc(O)c(O)c(O)c1)c1cc(O)c(O)c(O)c1. The fourth-order valence-corrected chi connectivity index (χ4v) is 14.9. The molecule has 0 bridgehead atoms. The van der Waals surface area contributed by atoms with E-state index in [-0.39, 0.29) is 30.3 Å². The zero-order chi connectivity index (χ0) is 106. The number of aromatic hydroxyl groups is 30. The lowest BCUT2D eigenvalue weighted by Gasteiger charge is -2.43. The molecule has 11 aromatic carbocycles. The second kappa shape index (κ2) is 37.2. The van der Waals surface area contributed by atoms with Gasteiger partial charge < -0.3 is 225 Å². The molecule has 10 atom stereocenters. The molecule has 754 valence electrons. The van der Waals surface area contributed by atoms with E-state index in [1.165, 1.54) is 0 Å². The number of phenolic OH excluding ortho intramolecular Hbond substituents is 30. The van der Waals surface area contributed by atoms with Gasteiger partial charge in [0, 0.05) is 46.5 Å². The van der Waals surface area contributed by atoms with Crippen molar-refractivity contribution in [1.82, 2.24) is 0 Å². The van der Waals surface area contributed by atoms with Crippen molar-refractivity contribution in [2.24, 2.45) is 0 Å². The molecule has 145 heavy (non-hydrogen) atoms. The number of cyclic esters (lactones) is 2. The predicted molar refractivity (Wildman–Crippen MR) is 450 cm³/mol. The van der Waals surface area contributed by atoms with Crippen molar-refractivity contribution in [3.8, 4) is 218 Å². The van der Waals surface area contributed by atoms with Gasteiger partial charge in [0.1, 0.15) is 36.5 Å². The molecule has 0 aliphatic carbocycles. The van der Waals surface area contributed by atoms with E-state index < -0.39 is 419 Å². The van der Waals surface area contributed by atoms with Crippen molar-refractivity contribution in [3.05, 3.63) is 164 Å². The Balaban J connectivity index is 0.863. The van der Waals surface area contributed by atoms with Crippen LogP contribution in [0, 0.1) is 0 Å². The molecule has 15 rings (SSSR count). The van der Waals surface area contributed by atoms with Crippen molar-refractivity contribution in [1.29, 1.82) is 0 Å². The third-order valence-corrected chi connectivity index (χ3v) is 21.9. The zero-order valence-electron chi connectivity index (χ0n) is 71.1. The molecule has 0 spiro atoms. The molecule has 56 nitrogen and oxygen atoms in total. The molecule has 11 aromatic rings. The summed E-state index contributed by atoms with van der Waals surface area (Å²) in [6, 6.07) is 5.77. The van der Waals surface area contributed by atoms with Crippen LogP contribution in [0.1, 0.15) is 114 Å². The Morgan fingerprint density at radius 1 is 0.248 bits per heavy atom. The van der Waals surface area contributed by atoms with Crippen molar-refractivity contribution < 1.29 is 277 Å². The number of ether oxygens (including phenoxy) is 14. The maximum Gasteiger partial charge on any atom is 0.344 e. The second-order valence-corrected chi connectivity index (χ2v) is 30.9. The molecule has 2 saturated heterocycles. The number of carboxylic acids is 1. The molecule has 0 aromatic heterocycles. The van der Waals surface area contributed by atoms with E-state index in [0.717, 1.165) is 0 Å². The monoisotopic (exact) mass is 2030 g/mol. The van der Waals surface area contributed by atoms with E-state index in [0.29, 0.717) is 72.8 Å². The first-order valence-corrected chi connectivity index (χ1v) is 40.0. The number of hydrogen-bond donors (Lipinski definition) is 31. The molecule has 0 saturated carbocycles. The molecule has 0 radical (unpaired) electrons. The third kappa shape index (κ3) is 17.8. The van der Waals surface area contributed by atoms with Gasteiger partial charge in [0.15, 0.2) is 180 Å². The van der Waals surface area contributed by atoms with Gasteiger partial charge in [-0.2, -0.15) is 0 Å². The number of carbonyl (C=O) groups is 11. The number of fused-ring (bicyclic) bond motifs is 8. The fraction of sp³-hybridized carbons (Fsp3) is 0.135. The first-order chi connectivity index (χ1) is 68.2. The summed E-state index contributed by atoms with van der Waals surface area (Å²) in [6.07, 6.45) is -28.9. The number of phenols is 30. The second-order valence-electron chi connectivity index (χ2n) is 30.9. The number of esters is 10. The molecule has 4 aliphatic heterocycles. The van der Waals surface area contributed by atoms with Gasteiger partial charge in [-0.1, -0.05) is 0 Å². The van der Waals surface area contributed by atoms with Crippen LogP contribution < -0.4 is 9.47 Å². The predicted octanol–water partition coefficient (Wildman–Crippen LogP) is 4.93. The highest BCUT2D eigenvalue weighted by Gasteiger charge is 2.58. The van der Waals surface area contributed by atoms with Crippen LogP contribution >= 0.6 is 0 Å². The Bertz CT molecular complexity index is 7320. The summed E-state index contributed by atoms with van der Waals surface area (Å²) in [7, 11) is 0. The lowest BCUT2D eigenvalue weighted by Crippen LogP contribution is -2.63. The highest BCUT2D eigenvalue weighted by atomic mass is 16.8. The minimum atomic E-state index is -3.21. The molecule has 0 amide bonds. The molecular weight excluding hydrogens is 1960 g/mol. The van der Waals surface area contributed by atoms with Crippen LogP contribution in [-0.2, 0) is 56.8 Å². The molecule has 31 N–H and O–H groups in total. The van der Waals surface area contributed by atoms with Crippen LogP contribution in [0.5, 0.6) is 195 Å². The lowest BCUT2D eigenvalue weighted by atomic mass is 9.91. The Hall–Kier alpha value is -20.9. The highest BCUT2D eigenvalue weighted by molar-refractivity contribution is 6.11. The lowest BCUT2D eigenvalue weighted by molar-refractivity contribution is -0.282. The number of rotatable bonds is 17. The molecule has 4 heterocycles. The minimum Gasteiger partial charge on any atom is -0.504 e. The minimum absolute atomic E-state index is 0.0485. The van der Waals surface area contributed by atoms with Gasteiger partial charge in [-0.15, -0.1) is 0 Å². The number of benzene rings is 11. The molecular formula is C89H62O56. The van der Waals surface area contributed by atoms with Gasteiger partial charge in [-0.05, 0) is 78.9 Å². The first-order valence-electron chi connectivity index (χ1n) is 40.0. The van der Waals surface area contributed by atoms with Gasteiger partial charge in [0.05, 0.1) is 50.1 Å². The Labute approximate surface area is 796 Å². The summed E-state index contributed by atoms with van der Waals surface area (Å²) < 4.78 is 80.3. The Morgan fingerprint density at radius 2 is 0.517 bits per heavy atom. The van der Waals surface area contributed by atoms with E-state index >= 15 is 24.0 Å². The van der Waals surface area contributed by atoms with Crippen molar-refractivity contribution >= 4 is 65.7 Å². The summed E-state index contributed by atoms with van der Waals surface area (Å²) in [5.74, 6) is -73.2. The standard InChI is InChI=1S/C89H62O56/c90-31-2-1-25-49(58(31)109)51-27(16-45(62(113)65(51)116)134-69-29(77(120)121)14-43(102)60(111)67(69)118)83(127)132-18-47-71(138-85(25)129)73(140-78(122)20-3-32(91)53(104)33(92)4-20)76(143-81(125)23-9-38(97)56(107)39(98)10-23)89(137-47)145-87(131)30-15-44(103)61(112)68(119)70(30)135-46-17-28-52(66(117)63(46)114)50-26(13-42(101)59(110)64(50)115)86(130)139-72-48(19-133-84(28)128)136-88(144-82(126)24-11-40(99)57(108)41(100)12-24)75(142-80(124)22-7-36(95)55(106)37(96)8-22)74(72)141-79(123)21-5-34(93)54(105)35(94)6-21/h1-17,47-48,71-76,88-119H,18-19H2,(H,120,121). The summed E-state index contributed by atoms with van der Waals surface area (Å²) in [5, 5.41) is 339. The maximum absolute atomic E-state index is 15.7. The summed E-state index contributed by atoms with van der Waals surface area (Å²) >= 11 is 0. The maximum atomic E-state index is 15.7. The van der Waals surface area contributed by atoms with Crippen LogP contribution in [0.4, 0.5) is 0 Å². The largest absolute Gasteiger partial charge is 0.504 e. The van der Waals surface area contributed by atoms with Crippen molar-refractivity contribution in [2.45, 2.75) is 61.4 Å². The Morgan fingerprint density at radius 3 is 0.862 bits per heavy atom. The average molecular weight is 2030 g/mol. The summed E-state index contributed by atoms with van der Waals surface area (Å²) in [5.41, 5.74) is -19.4. The van der Waals surface area contributed by atoms with Crippen molar-refractivity contribution in [2.75, 3.05) is 13.2 Å². The van der Waals surface area contributed by atoms with Crippen molar-refractivity contribution in [3.63, 3.8) is 0 Å². The van der Waals surface area contributed by atoms with Crippen LogP contribution in [0.25, 0.3) is 22.3 Å². The first kappa shape index (κ1) is 98.6. The number of hydrogen-bond acceptors (Lipinski definition) is 55. The summed E-state index contributed by atoms with van der Waals surface area (Å²) in [6.45, 7) is -3.41. The highest BCUT2D eigenvalue weighted by Crippen LogP contribution is 2.59. The summed E-state index contributed by atoms with van der Waals surface area (Å²) in [4.78, 5) is 162. The number of carbonyl (C=O) groups excluding carboxylic acids is 10. The number of aromatic carboxylic acids is 1. The quantitative estimate of drug-likeness (QED) is 0.0326. The van der Waals surface area contributed by atoms with Gasteiger partial charge in [-0.3, -0.25) is 0 Å². The van der Waals surface area contributed by atoms with Gasteiger partial charge in [-0.25, -0.2) is 52.7 Å². The topological polar surface area (TPSA) is 944 Å². The molecule has 4 aliphatic rings. The van der Waals surface area contributed by atoms with Crippen LogP contribution in [0.2, 0.25) is 0 Å². The van der Waals surface area contributed by atoms with Gasteiger partial charge in [0.2, 0.25) is 65.0 Å². The van der Waals surface area contributed by atoms with Crippen LogP contribution in [0.3, 0.4) is 0 Å². The Kier molecular flexibility index (Phi) is 25.3. The van der Waals surface area contributed by atoms with E-state index in [9.17, 15) is 187 Å². The zero-order valence-corrected chi connectivity index (χ0v) is 71.1. The van der Waals surface area contributed by atoms with E-state index in [2.05, 4.69) is 0 Å². The molecule has 2 fully saturated rings. The van der Waals surface area contributed by atoms with Gasteiger partial charge in [0.25, 0.3) is 0 Å². The van der Waals surface area contributed by atoms with Gasteiger partial charge >= 0.3 is 65.7 Å². The number of carboxylic acid groups (broad SMARTS) is 1. The van der Waals surface area contributed by atoms with Crippen LogP contribution in [0.15, 0.2) is 103 Å².